The van der Waals surface area contributed by atoms with Crippen molar-refractivity contribution in [2.24, 2.45) is 0 Å². The molecule has 5 heteroatoms. The largest absolute Gasteiger partial charge is 1.00 e. The van der Waals surface area contributed by atoms with Crippen LogP contribution in [0, 0.1) is 0 Å². The Labute approximate surface area is 139 Å². The SMILES string of the molecule is Brc1cccc(-c2cn3c(nc4ccccc43)s2)c1.[Br-]. The number of imidazole rings is 1. The van der Waals surface area contributed by atoms with Gasteiger partial charge in [0.1, 0.15) is 0 Å². The van der Waals surface area contributed by atoms with Gasteiger partial charge >= 0.3 is 0 Å². The highest BCUT2D eigenvalue weighted by Gasteiger charge is 2.09. The first kappa shape index (κ1) is 13.8. The average Bonchev–Trinajstić information content (AvgIpc) is 2.96. The van der Waals surface area contributed by atoms with Crippen molar-refractivity contribution in [2.75, 3.05) is 0 Å². The summed E-state index contributed by atoms with van der Waals surface area (Å²) in [5.41, 5.74) is 3.43. The Morgan fingerprint density at radius 2 is 1.90 bits per heavy atom. The Hall–Kier alpha value is -1.17. The number of thiazole rings is 1. The Morgan fingerprint density at radius 3 is 2.75 bits per heavy atom. The number of hydrogen-bond donors (Lipinski definition) is 0. The Kier molecular flexibility index (Phi) is 3.67. The summed E-state index contributed by atoms with van der Waals surface area (Å²) >= 11 is 5.23. The van der Waals surface area contributed by atoms with Crippen molar-refractivity contribution in [1.82, 2.24) is 9.38 Å². The van der Waals surface area contributed by atoms with Crippen molar-refractivity contribution in [2.45, 2.75) is 0 Å². The van der Waals surface area contributed by atoms with E-state index in [1.54, 1.807) is 11.3 Å². The lowest BCUT2D eigenvalue weighted by Gasteiger charge is -1.96. The topological polar surface area (TPSA) is 17.3 Å². The first-order valence-corrected chi connectivity index (χ1v) is 7.55. The number of nitrogens with zero attached hydrogens (tertiary/aromatic N) is 2. The minimum atomic E-state index is 0. The molecule has 2 aromatic heterocycles. The van der Waals surface area contributed by atoms with E-state index in [0.717, 1.165) is 20.5 Å². The van der Waals surface area contributed by atoms with Crippen LogP contribution in [0.15, 0.2) is 59.2 Å². The molecule has 0 aliphatic heterocycles. The maximum atomic E-state index is 4.65. The number of rotatable bonds is 1. The van der Waals surface area contributed by atoms with Crippen LogP contribution in [-0.2, 0) is 0 Å². The number of halogens is 2. The van der Waals surface area contributed by atoms with Gasteiger partial charge in [-0.1, -0.05) is 51.5 Å². The molecule has 2 aromatic carbocycles. The van der Waals surface area contributed by atoms with Gasteiger partial charge in [0.25, 0.3) is 0 Å². The normalized spacial score (nSPS) is 10.8. The van der Waals surface area contributed by atoms with Crippen molar-refractivity contribution in [3.05, 3.63) is 59.2 Å². The predicted molar refractivity (Wildman–Crippen MR) is 83.7 cm³/mol. The molecule has 0 saturated heterocycles. The summed E-state index contributed by atoms with van der Waals surface area (Å²) in [7, 11) is 0. The molecular formula is C15H9Br2N2S-. The molecule has 0 N–H and O–H groups in total. The molecule has 0 spiro atoms. The van der Waals surface area contributed by atoms with Crippen molar-refractivity contribution in [3.63, 3.8) is 0 Å². The van der Waals surface area contributed by atoms with Crippen LogP contribution in [0.5, 0.6) is 0 Å². The number of benzene rings is 2. The molecule has 0 amide bonds. The molecule has 0 aliphatic carbocycles. The molecule has 0 atom stereocenters. The molecule has 0 saturated carbocycles. The van der Waals surface area contributed by atoms with Gasteiger partial charge in [0, 0.05) is 10.7 Å². The van der Waals surface area contributed by atoms with Crippen LogP contribution in [-0.4, -0.2) is 9.38 Å². The van der Waals surface area contributed by atoms with Crippen LogP contribution in [0.2, 0.25) is 0 Å². The molecule has 20 heavy (non-hydrogen) atoms. The first-order chi connectivity index (χ1) is 9.31. The standard InChI is InChI=1S/C15H9BrN2S.BrH/c16-11-5-3-4-10(8-11)14-9-18-13-7-2-1-6-12(13)17-15(18)19-14;/h1-9H;1H/p-1. The molecule has 2 heterocycles. The number of aromatic nitrogens is 2. The van der Waals surface area contributed by atoms with E-state index in [1.807, 2.05) is 24.3 Å². The smallest absolute Gasteiger partial charge is 0.195 e. The predicted octanol–water partition coefficient (Wildman–Crippen LogP) is 1.98. The van der Waals surface area contributed by atoms with E-state index in [-0.39, 0.29) is 17.0 Å². The van der Waals surface area contributed by atoms with Crippen molar-refractivity contribution in [1.29, 1.82) is 0 Å². The molecule has 0 fully saturated rings. The van der Waals surface area contributed by atoms with Crippen LogP contribution in [0.4, 0.5) is 0 Å². The summed E-state index contributed by atoms with van der Waals surface area (Å²) in [5.74, 6) is 0. The van der Waals surface area contributed by atoms with Gasteiger partial charge in [-0.25, -0.2) is 4.98 Å². The van der Waals surface area contributed by atoms with Crippen LogP contribution in [0.3, 0.4) is 0 Å². The van der Waals surface area contributed by atoms with Crippen LogP contribution >= 0.6 is 27.3 Å². The zero-order chi connectivity index (χ0) is 12.8. The van der Waals surface area contributed by atoms with E-state index in [4.69, 9.17) is 0 Å². The molecule has 4 aromatic rings. The van der Waals surface area contributed by atoms with E-state index >= 15 is 0 Å². The molecule has 0 unspecified atom stereocenters. The molecule has 4 rings (SSSR count). The van der Waals surface area contributed by atoms with E-state index in [1.165, 1.54) is 10.4 Å². The van der Waals surface area contributed by atoms with Crippen molar-refractivity contribution in [3.8, 4) is 10.4 Å². The zero-order valence-electron chi connectivity index (χ0n) is 10.3. The fourth-order valence-corrected chi connectivity index (χ4v) is 3.63. The second-order valence-corrected chi connectivity index (χ2v) is 6.28. The highest BCUT2D eigenvalue weighted by Crippen LogP contribution is 2.32. The number of fused-ring (bicyclic) bond motifs is 3. The molecule has 100 valence electrons. The molecular weight excluding hydrogens is 400 g/mol. The fraction of sp³-hybridized carbons (Fsp3) is 0. The third-order valence-corrected chi connectivity index (χ3v) is 4.65. The van der Waals surface area contributed by atoms with E-state index < -0.39 is 0 Å². The second kappa shape index (κ2) is 5.31. The zero-order valence-corrected chi connectivity index (χ0v) is 14.2. The summed E-state index contributed by atoms with van der Waals surface area (Å²) in [4.78, 5) is 6.92. The van der Waals surface area contributed by atoms with Gasteiger partial charge in [-0.05, 0) is 29.8 Å². The summed E-state index contributed by atoms with van der Waals surface area (Å²) in [6.45, 7) is 0. The lowest BCUT2D eigenvalue weighted by atomic mass is 10.2. The molecule has 0 radical (unpaired) electrons. The van der Waals surface area contributed by atoms with E-state index in [2.05, 4.69) is 55.8 Å². The average molecular weight is 409 g/mol. The number of para-hydroxylation sites is 2. The van der Waals surface area contributed by atoms with Gasteiger partial charge in [0.05, 0.1) is 15.9 Å². The maximum Gasteiger partial charge on any atom is 0.195 e. The minimum Gasteiger partial charge on any atom is -1.00 e. The Balaban J connectivity index is 0.00000121. The highest BCUT2D eigenvalue weighted by atomic mass is 79.9. The minimum absolute atomic E-state index is 0. The lowest BCUT2D eigenvalue weighted by Crippen LogP contribution is -3.00. The van der Waals surface area contributed by atoms with Gasteiger partial charge in [0.15, 0.2) is 4.96 Å². The second-order valence-electron chi connectivity index (χ2n) is 4.36. The van der Waals surface area contributed by atoms with Crippen molar-refractivity contribution < 1.29 is 17.0 Å². The van der Waals surface area contributed by atoms with Crippen molar-refractivity contribution >= 4 is 43.3 Å². The third kappa shape index (κ3) is 2.20. The molecule has 2 nitrogen and oxygen atoms in total. The number of hydrogen-bond acceptors (Lipinski definition) is 2. The summed E-state index contributed by atoms with van der Waals surface area (Å²) < 4.78 is 3.26. The fourth-order valence-electron chi connectivity index (χ4n) is 2.24. The Morgan fingerprint density at radius 1 is 1.05 bits per heavy atom. The van der Waals surface area contributed by atoms with E-state index in [0.29, 0.717) is 0 Å². The van der Waals surface area contributed by atoms with Gasteiger partial charge in [-0.3, -0.25) is 4.40 Å². The quantitative estimate of drug-likeness (QED) is 0.470. The summed E-state index contributed by atoms with van der Waals surface area (Å²) in [6.07, 6.45) is 2.16. The monoisotopic (exact) mass is 407 g/mol. The van der Waals surface area contributed by atoms with Crippen LogP contribution in [0.1, 0.15) is 0 Å². The summed E-state index contributed by atoms with van der Waals surface area (Å²) in [6, 6.07) is 16.6. The highest BCUT2D eigenvalue weighted by molar-refractivity contribution is 9.10. The van der Waals surface area contributed by atoms with Crippen LogP contribution < -0.4 is 17.0 Å². The van der Waals surface area contributed by atoms with Gasteiger partial charge < -0.3 is 17.0 Å². The summed E-state index contributed by atoms with van der Waals surface area (Å²) in [5, 5.41) is 0. The van der Waals surface area contributed by atoms with Gasteiger partial charge in [-0.15, -0.1) is 0 Å². The van der Waals surface area contributed by atoms with E-state index in [9.17, 15) is 0 Å². The Bertz CT molecular complexity index is 895. The maximum absolute atomic E-state index is 4.65. The molecule has 0 bridgehead atoms. The van der Waals surface area contributed by atoms with Gasteiger partial charge in [-0.2, -0.15) is 0 Å². The third-order valence-electron chi connectivity index (χ3n) is 3.12. The lowest BCUT2D eigenvalue weighted by molar-refractivity contribution is -0.00000352. The molecule has 0 aliphatic rings. The van der Waals surface area contributed by atoms with Crippen LogP contribution in [0.25, 0.3) is 26.4 Å². The van der Waals surface area contributed by atoms with Gasteiger partial charge in [0.2, 0.25) is 0 Å². The first-order valence-electron chi connectivity index (χ1n) is 5.94.